The van der Waals surface area contributed by atoms with Gasteiger partial charge in [0.05, 0.1) is 6.33 Å². The molecule has 0 aromatic carbocycles. The van der Waals surface area contributed by atoms with Gasteiger partial charge in [0.15, 0.2) is 0 Å². The highest BCUT2D eigenvalue weighted by Gasteiger charge is 2.34. The Morgan fingerprint density at radius 3 is 2.81 bits per heavy atom. The van der Waals surface area contributed by atoms with E-state index in [2.05, 4.69) is 30.7 Å². The first-order valence-electron chi connectivity index (χ1n) is 5.76. The van der Waals surface area contributed by atoms with Crippen LogP contribution in [0.2, 0.25) is 0 Å². The van der Waals surface area contributed by atoms with E-state index in [1.54, 1.807) is 12.5 Å². The first kappa shape index (κ1) is 11.2. The Morgan fingerprint density at radius 1 is 1.56 bits per heavy atom. The molecule has 0 bridgehead atoms. The van der Waals surface area contributed by atoms with Crippen molar-refractivity contribution >= 4 is 5.91 Å². The van der Waals surface area contributed by atoms with Gasteiger partial charge in [0, 0.05) is 19.3 Å². The van der Waals surface area contributed by atoms with Crippen molar-refractivity contribution in [3.8, 4) is 0 Å². The van der Waals surface area contributed by atoms with Gasteiger partial charge in [0.2, 0.25) is 0 Å². The molecule has 88 valence electrons. The normalized spacial score (nSPS) is 21.4. The molecule has 2 heterocycles. The number of H-pyrrole nitrogens is 1. The van der Waals surface area contributed by atoms with E-state index in [9.17, 15) is 4.79 Å². The van der Waals surface area contributed by atoms with Crippen molar-refractivity contribution in [1.29, 1.82) is 0 Å². The number of amides is 1. The lowest BCUT2D eigenvalue weighted by Crippen LogP contribution is -2.31. The van der Waals surface area contributed by atoms with E-state index < -0.39 is 0 Å². The summed E-state index contributed by atoms with van der Waals surface area (Å²) < 4.78 is 0. The summed E-state index contributed by atoms with van der Waals surface area (Å²) in [5, 5.41) is 0. The topological polar surface area (TPSA) is 49.0 Å². The number of likely N-dealkylation sites (tertiary alicyclic amines) is 1. The molecule has 1 amide bonds. The molecule has 4 heteroatoms. The Bertz CT molecular complexity index is 364. The Balaban J connectivity index is 2.02. The molecule has 1 aromatic heterocycles. The molecule has 1 aliphatic rings. The number of carbonyl (C=O) groups is 1. The van der Waals surface area contributed by atoms with Crippen LogP contribution in [-0.2, 0) is 0 Å². The fourth-order valence-corrected chi connectivity index (χ4v) is 2.19. The second-order valence-corrected chi connectivity index (χ2v) is 5.56. The van der Waals surface area contributed by atoms with Crippen LogP contribution in [-0.4, -0.2) is 33.9 Å². The first-order valence-corrected chi connectivity index (χ1v) is 5.76. The van der Waals surface area contributed by atoms with Gasteiger partial charge < -0.3 is 9.88 Å². The van der Waals surface area contributed by atoms with Crippen LogP contribution in [0.4, 0.5) is 0 Å². The smallest absolute Gasteiger partial charge is 0.274 e. The fourth-order valence-electron chi connectivity index (χ4n) is 2.19. The van der Waals surface area contributed by atoms with Gasteiger partial charge in [0.1, 0.15) is 5.69 Å². The average molecular weight is 221 g/mol. The number of aromatic amines is 1. The number of imidazole rings is 1. The highest BCUT2D eigenvalue weighted by Crippen LogP contribution is 2.33. The molecule has 1 atom stereocenters. The molecule has 0 saturated carbocycles. The zero-order chi connectivity index (χ0) is 11.8. The molecule has 2 rings (SSSR count). The van der Waals surface area contributed by atoms with Gasteiger partial charge in [-0.2, -0.15) is 0 Å². The van der Waals surface area contributed by atoms with E-state index >= 15 is 0 Å². The highest BCUT2D eigenvalue weighted by atomic mass is 16.2. The van der Waals surface area contributed by atoms with Crippen LogP contribution in [0, 0.1) is 11.3 Å². The number of hydrogen-bond donors (Lipinski definition) is 1. The molecule has 1 aliphatic heterocycles. The van der Waals surface area contributed by atoms with Crippen molar-refractivity contribution in [2.45, 2.75) is 27.2 Å². The minimum absolute atomic E-state index is 0.0491. The van der Waals surface area contributed by atoms with Crippen LogP contribution in [0.15, 0.2) is 12.5 Å². The molecular weight excluding hydrogens is 202 g/mol. The van der Waals surface area contributed by atoms with Crippen molar-refractivity contribution in [2.75, 3.05) is 13.1 Å². The number of hydrogen-bond acceptors (Lipinski definition) is 2. The van der Waals surface area contributed by atoms with E-state index in [1.807, 2.05) is 4.90 Å². The molecule has 1 N–H and O–H groups in total. The number of nitrogens with one attached hydrogen (secondary N) is 1. The van der Waals surface area contributed by atoms with E-state index in [0.29, 0.717) is 11.6 Å². The number of aromatic nitrogens is 2. The quantitative estimate of drug-likeness (QED) is 0.787. The maximum absolute atomic E-state index is 12.0. The molecular formula is C12H19N3O. The number of nitrogens with zero attached hydrogens (tertiary/aromatic N) is 2. The summed E-state index contributed by atoms with van der Waals surface area (Å²) >= 11 is 0. The summed E-state index contributed by atoms with van der Waals surface area (Å²) in [5.41, 5.74) is 0.801. The van der Waals surface area contributed by atoms with E-state index in [1.165, 1.54) is 0 Å². The summed E-state index contributed by atoms with van der Waals surface area (Å²) in [6.07, 6.45) is 4.30. The van der Waals surface area contributed by atoms with Crippen molar-refractivity contribution in [3.63, 3.8) is 0 Å². The fraction of sp³-hybridized carbons (Fsp3) is 0.667. The van der Waals surface area contributed by atoms with Crippen molar-refractivity contribution in [1.82, 2.24) is 14.9 Å². The lowest BCUT2D eigenvalue weighted by Gasteiger charge is -2.26. The third kappa shape index (κ3) is 2.10. The van der Waals surface area contributed by atoms with Gasteiger partial charge in [-0.15, -0.1) is 0 Å². The second-order valence-electron chi connectivity index (χ2n) is 5.56. The summed E-state index contributed by atoms with van der Waals surface area (Å²) in [6.45, 7) is 8.42. The Kier molecular flexibility index (Phi) is 2.74. The van der Waals surface area contributed by atoms with Crippen LogP contribution < -0.4 is 0 Å². The van der Waals surface area contributed by atoms with Gasteiger partial charge in [-0.25, -0.2) is 4.98 Å². The molecule has 0 aliphatic carbocycles. The SMILES string of the molecule is CC(C)(C)[C@@H]1CCN(C(=O)c2c[nH]cn2)C1. The van der Waals surface area contributed by atoms with Gasteiger partial charge in [-0.3, -0.25) is 4.79 Å². The molecule has 1 saturated heterocycles. The molecule has 16 heavy (non-hydrogen) atoms. The number of carbonyl (C=O) groups excluding carboxylic acids is 1. The maximum Gasteiger partial charge on any atom is 0.274 e. The van der Waals surface area contributed by atoms with Gasteiger partial charge in [-0.05, 0) is 17.8 Å². The Labute approximate surface area is 96.1 Å². The monoisotopic (exact) mass is 221 g/mol. The largest absolute Gasteiger partial charge is 0.350 e. The predicted molar refractivity (Wildman–Crippen MR) is 62.1 cm³/mol. The van der Waals surface area contributed by atoms with Crippen LogP contribution in [0.1, 0.15) is 37.7 Å². The third-order valence-corrected chi connectivity index (χ3v) is 3.42. The second kappa shape index (κ2) is 3.92. The Hall–Kier alpha value is -1.32. The standard InChI is InChI=1S/C12H19N3O/c1-12(2,3)9-4-5-15(7-9)11(16)10-6-13-8-14-10/h6,8-9H,4-5,7H2,1-3H3,(H,13,14)/t9-/m1/s1. The molecule has 4 nitrogen and oxygen atoms in total. The summed E-state index contributed by atoms with van der Waals surface area (Å²) in [7, 11) is 0. The van der Waals surface area contributed by atoms with Crippen molar-refractivity contribution < 1.29 is 4.79 Å². The van der Waals surface area contributed by atoms with E-state index in [0.717, 1.165) is 19.5 Å². The lowest BCUT2D eigenvalue weighted by molar-refractivity contribution is 0.0771. The summed E-state index contributed by atoms with van der Waals surface area (Å²) in [5.74, 6) is 0.642. The molecule has 0 unspecified atom stereocenters. The summed E-state index contributed by atoms with van der Waals surface area (Å²) in [6, 6.07) is 0. The molecule has 0 spiro atoms. The lowest BCUT2D eigenvalue weighted by atomic mass is 9.80. The maximum atomic E-state index is 12.0. The van der Waals surface area contributed by atoms with Crippen molar-refractivity contribution in [2.24, 2.45) is 11.3 Å². The van der Waals surface area contributed by atoms with E-state index in [4.69, 9.17) is 0 Å². The number of rotatable bonds is 1. The highest BCUT2D eigenvalue weighted by molar-refractivity contribution is 5.92. The van der Waals surface area contributed by atoms with Crippen LogP contribution in [0.3, 0.4) is 0 Å². The Morgan fingerprint density at radius 2 is 2.31 bits per heavy atom. The minimum Gasteiger partial charge on any atom is -0.350 e. The molecule has 0 radical (unpaired) electrons. The zero-order valence-corrected chi connectivity index (χ0v) is 10.2. The van der Waals surface area contributed by atoms with E-state index in [-0.39, 0.29) is 11.3 Å². The van der Waals surface area contributed by atoms with Gasteiger partial charge in [0.25, 0.3) is 5.91 Å². The molecule has 1 fully saturated rings. The average Bonchev–Trinajstić information content (AvgIpc) is 2.87. The zero-order valence-electron chi connectivity index (χ0n) is 10.2. The third-order valence-electron chi connectivity index (χ3n) is 3.42. The van der Waals surface area contributed by atoms with Gasteiger partial charge >= 0.3 is 0 Å². The van der Waals surface area contributed by atoms with Crippen LogP contribution in [0.5, 0.6) is 0 Å². The molecule has 1 aromatic rings. The predicted octanol–water partition coefficient (Wildman–Crippen LogP) is 1.92. The van der Waals surface area contributed by atoms with Gasteiger partial charge in [-0.1, -0.05) is 20.8 Å². The van der Waals surface area contributed by atoms with Crippen LogP contribution >= 0.6 is 0 Å². The minimum atomic E-state index is 0.0491. The first-order chi connectivity index (χ1) is 7.48. The summed E-state index contributed by atoms with van der Waals surface area (Å²) in [4.78, 5) is 20.8. The van der Waals surface area contributed by atoms with Crippen LogP contribution in [0.25, 0.3) is 0 Å². The van der Waals surface area contributed by atoms with Crippen molar-refractivity contribution in [3.05, 3.63) is 18.2 Å².